The van der Waals surface area contributed by atoms with Gasteiger partial charge < -0.3 is 40.7 Å². The fraction of sp³-hybridized carbons (Fsp3) is 0.258. The number of nitrogens with two attached hydrogens (primary N) is 1. The predicted molar refractivity (Wildman–Crippen MR) is 161 cm³/mol. The van der Waals surface area contributed by atoms with Gasteiger partial charge in [0.15, 0.2) is 5.96 Å². The molecule has 1 aliphatic carbocycles. The van der Waals surface area contributed by atoms with Crippen LogP contribution in [-0.4, -0.2) is 49.7 Å². The first-order valence-electron chi connectivity index (χ1n) is 13.5. The van der Waals surface area contributed by atoms with E-state index in [2.05, 4.69) is 16.0 Å². The lowest BCUT2D eigenvalue weighted by Crippen LogP contribution is -2.37. The number of hydrogen-bond acceptors (Lipinski definition) is 7. The van der Waals surface area contributed by atoms with Crippen molar-refractivity contribution >= 4 is 40.7 Å². The Hall–Kier alpha value is -5.26. The minimum absolute atomic E-state index is 0.0465. The van der Waals surface area contributed by atoms with E-state index in [0.29, 0.717) is 39.6 Å². The molecule has 2 aromatic carbocycles. The second-order valence-corrected chi connectivity index (χ2v) is 9.85. The van der Waals surface area contributed by atoms with Gasteiger partial charge in [-0.1, -0.05) is 6.07 Å². The van der Waals surface area contributed by atoms with Gasteiger partial charge >= 0.3 is 5.97 Å². The Morgan fingerprint density at radius 2 is 1.84 bits per heavy atom. The summed E-state index contributed by atoms with van der Waals surface area (Å²) in [5.74, 6) is -0.687. The molecular weight excluding hydrogens is 557 g/mol. The number of halogens is 1. The maximum absolute atomic E-state index is 14.4. The zero-order valence-corrected chi connectivity index (χ0v) is 24.0. The summed E-state index contributed by atoms with van der Waals surface area (Å²) in [4.78, 5) is 24.8. The van der Waals surface area contributed by atoms with Crippen molar-refractivity contribution in [2.75, 3.05) is 26.1 Å². The minimum Gasteiger partial charge on any atom is -0.494 e. The van der Waals surface area contributed by atoms with E-state index in [4.69, 9.17) is 25.0 Å². The Balaban J connectivity index is 1.66. The minimum atomic E-state index is -1.10. The van der Waals surface area contributed by atoms with Gasteiger partial charge in [-0.2, -0.15) is 0 Å². The van der Waals surface area contributed by atoms with Crippen molar-refractivity contribution in [2.24, 2.45) is 5.73 Å². The number of hydrogen-bond donors (Lipinski definition) is 6. The van der Waals surface area contributed by atoms with Crippen LogP contribution in [0.5, 0.6) is 11.5 Å². The predicted octanol–water partition coefficient (Wildman–Crippen LogP) is 4.21. The highest BCUT2D eigenvalue weighted by Crippen LogP contribution is 2.45. The molecule has 7 N–H and O–H groups in total. The molecule has 1 aromatic heterocycles. The van der Waals surface area contributed by atoms with Crippen LogP contribution in [0.2, 0.25) is 0 Å². The number of benzene rings is 2. The fourth-order valence-electron chi connectivity index (χ4n) is 4.91. The number of carbonyl (C=O) groups is 2. The standard InChI is InChI=1S/C31H34FN5O6/c1-17-22(21-7-6-19(32)14-24(21)23(17)15-28(38)36-16-20-5-4-10-43-20)11-18-12-26(41-2)29(27(13-18)42-3)37-25(30(39)40)8-9-35-31(33)34/h4-7,10-14,25,37H,8-9,15-16H2,1-3H3,(H,36,38)(H,39,40)(H4,33,34,35)/b22-11-. The monoisotopic (exact) mass is 591 g/mol. The van der Waals surface area contributed by atoms with Crippen LogP contribution in [0.25, 0.3) is 17.2 Å². The van der Waals surface area contributed by atoms with Crippen LogP contribution in [0.1, 0.15) is 42.2 Å². The van der Waals surface area contributed by atoms with Crippen molar-refractivity contribution in [1.82, 2.24) is 10.6 Å². The number of carboxylic acids is 1. The van der Waals surface area contributed by atoms with Crippen molar-refractivity contribution in [3.05, 3.63) is 82.6 Å². The van der Waals surface area contributed by atoms with Gasteiger partial charge in [-0.25, -0.2) is 9.18 Å². The number of amides is 1. The number of nitrogens with one attached hydrogen (secondary N) is 4. The number of ether oxygens (including phenoxy) is 2. The first-order chi connectivity index (χ1) is 20.6. The summed E-state index contributed by atoms with van der Waals surface area (Å²) in [5.41, 5.74) is 10.1. The number of methoxy groups -OCH3 is 2. The Morgan fingerprint density at radius 3 is 2.44 bits per heavy atom. The van der Waals surface area contributed by atoms with Crippen LogP contribution in [0.15, 0.2) is 58.7 Å². The molecule has 11 nitrogen and oxygen atoms in total. The van der Waals surface area contributed by atoms with E-state index in [1.165, 1.54) is 32.6 Å². The number of fused-ring (bicyclic) bond motifs is 1. The van der Waals surface area contributed by atoms with Crippen LogP contribution < -0.4 is 31.2 Å². The van der Waals surface area contributed by atoms with E-state index < -0.39 is 17.8 Å². The average molecular weight is 592 g/mol. The lowest BCUT2D eigenvalue weighted by Gasteiger charge is -2.21. The molecule has 1 aliphatic rings. The highest BCUT2D eigenvalue weighted by Gasteiger charge is 2.27. The van der Waals surface area contributed by atoms with Crippen molar-refractivity contribution in [3.63, 3.8) is 0 Å². The summed E-state index contributed by atoms with van der Waals surface area (Å²) < 4.78 is 30.8. The molecule has 1 unspecified atom stereocenters. The number of allylic oxidation sites excluding steroid dienone is 2. The molecule has 1 amide bonds. The van der Waals surface area contributed by atoms with E-state index in [-0.39, 0.29) is 37.8 Å². The summed E-state index contributed by atoms with van der Waals surface area (Å²) in [5, 5.41) is 25.4. The zero-order chi connectivity index (χ0) is 31.1. The Labute approximate surface area is 248 Å². The molecule has 0 radical (unpaired) electrons. The second-order valence-electron chi connectivity index (χ2n) is 9.85. The van der Waals surface area contributed by atoms with Gasteiger partial charge in [0.2, 0.25) is 5.91 Å². The van der Waals surface area contributed by atoms with Crippen molar-refractivity contribution in [1.29, 1.82) is 5.41 Å². The van der Waals surface area contributed by atoms with Gasteiger partial charge in [0, 0.05) is 6.54 Å². The molecule has 0 saturated carbocycles. The van der Waals surface area contributed by atoms with Crippen LogP contribution in [0.4, 0.5) is 10.1 Å². The normalized spacial score (nSPS) is 13.8. The molecule has 0 saturated heterocycles. The van der Waals surface area contributed by atoms with Crippen LogP contribution in [0, 0.1) is 11.2 Å². The maximum Gasteiger partial charge on any atom is 0.326 e. The fourth-order valence-corrected chi connectivity index (χ4v) is 4.91. The zero-order valence-electron chi connectivity index (χ0n) is 24.0. The molecule has 0 aliphatic heterocycles. The third kappa shape index (κ3) is 7.34. The molecule has 12 heteroatoms. The number of aliphatic carboxylic acids is 1. The van der Waals surface area contributed by atoms with Gasteiger partial charge in [0.1, 0.15) is 34.8 Å². The average Bonchev–Trinajstić information content (AvgIpc) is 3.58. The molecule has 0 bridgehead atoms. The first kappa shape index (κ1) is 30.7. The molecule has 3 aromatic rings. The highest BCUT2D eigenvalue weighted by atomic mass is 19.1. The summed E-state index contributed by atoms with van der Waals surface area (Å²) >= 11 is 0. The summed E-state index contributed by atoms with van der Waals surface area (Å²) in [6.45, 7) is 2.30. The topological polar surface area (TPSA) is 172 Å². The summed E-state index contributed by atoms with van der Waals surface area (Å²) in [7, 11) is 2.92. The third-order valence-electron chi connectivity index (χ3n) is 7.04. The number of anilines is 1. The number of carbonyl (C=O) groups excluding carboxylic acids is 1. The quantitative estimate of drug-likeness (QED) is 0.126. The second kappa shape index (κ2) is 13.6. The number of carboxylic acid groups (broad SMARTS) is 1. The molecule has 1 atom stereocenters. The van der Waals surface area contributed by atoms with Crippen LogP contribution in [-0.2, 0) is 16.1 Å². The van der Waals surface area contributed by atoms with Gasteiger partial charge in [0.25, 0.3) is 0 Å². The van der Waals surface area contributed by atoms with Gasteiger partial charge in [-0.3, -0.25) is 10.2 Å². The lowest BCUT2D eigenvalue weighted by atomic mass is 10.00. The van der Waals surface area contributed by atoms with Crippen LogP contribution >= 0.6 is 0 Å². The Morgan fingerprint density at radius 1 is 1.12 bits per heavy atom. The van der Waals surface area contributed by atoms with E-state index in [9.17, 15) is 19.1 Å². The molecule has 0 fully saturated rings. The highest BCUT2D eigenvalue weighted by molar-refractivity contribution is 6.08. The van der Waals surface area contributed by atoms with Gasteiger partial charge in [-0.15, -0.1) is 0 Å². The number of furan rings is 1. The smallest absolute Gasteiger partial charge is 0.326 e. The number of guanidine groups is 1. The third-order valence-corrected chi connectivity index (χ3v) is 7.04. The Bertz CT molecular complexity index is 1560. The van der Waals surface area contributed by atoms with E-state index in [1.807, 2.05) is 13.0 Å². The molecular formula is C31H34FN5O6. The largest absolute Gasteiger partial charge is 0.494 e. The van der Waals surface area contributed by atoms with E-state index in [1.54, 1.807) is 30.3 Å². The maximum atomic E-state index is 14.4. The van der Waals surface area contributed by atoms with Crippen LogP contribution in [0.3, 0.4) is 0 Å². The van der Waals surface area contributed by atoms with Crippen molar-refractivity contribution in [3.8, 4) is 11.5 Å². The lowest BCUT2D eigenvalue weighted by molar-refractivity contribution is -0.138. The summed E-state index contributed by atoms with van der Waals surface area (Å²) in [6.07, 6.45) is 3.60. The molecule has 226 valence electrons. The van der Waals surface area contributed by atoms with Gasteiger partial charge in [0.05, 0.1) is 33.4 Å². The van der Waals surface area contributed by atoms with E-state index >= 15 is 0 Å². The molecule has 4 rings (SSSR count). The number of rotatable bonds is 13. The van der Waals surface area contributed by atoms with Crippen molar-refractivity contribution in [2.45, 2.75) is 32.4 Å². The van der Waals surface area contributed by atoms with E-state index in [0.717, 1.165) is 16.7 Å². The first-order valence-corrected chi connectivity index (χ1v) is 13.5. The Kier molecular flexibility index (Phi) is 9.71. The van der Waals surface area contributed by atoms with Gasteiger partial charge in [-0.05, 0) is 89.2 Å². The molecule has 43 heavy (non-hydrogen) atoms. The molecule has 1 heterocycles. The molecule has 0 spiro atoms. The SMILES string of the molecule is COc1cc(/C=C2/C(C)=C(CC(=O)NCc3ccco3)c3cc(F)ccc32)cc(OC)c1NC(CCNC(=N)N)C(=O)O. The van der Waals surface area contributed by atoms with Crippen molar-refractivity contribution < 1.29 is 33.0 Å². The summed E-state index contributed by atoms with van der Waals surface area (Å²) in [6, 6.07) is 10.4.